The second-order valence-corrected chi connectivity index (χ2v) is 6.32. The molecule has 9 heteroatoms. The summed E-state index contributed by atoms with van der Waals surface area (Å²) in [7, 11) is 0. The first-order valence-corrected chi connectivity index (χ1v) is 8.72. The predicted octanol–water partition coefficient (Wildman–Crippen LogP) is 3.66. The number of aromatic nitrogens is 2. The lowest BCUT2D eigenvalue weighted by atomic mass is 10.2. The Labute approximate surface area is 164 Å². The van der Waals surface area contributed by atoms with Crippen molar-refractivity contribution in [2.24, 2.45) is 0 Å². The Hall–Kier alpha value is -3.75. The van der Waals surface area contributed by atoms with Crippen LogP contribution in [0.4, 0.5) is 20.4 Å². The monoisotopic (exact) mass is 398 g/mol. The van der Waals surface area contributed by atoms with Crippen LogP contribution in [-0.2, 0) is 6.54 Å². The molecule has 1 aliphatic heterocycles. The molecule has 1 aliphatic rings. The molecular weight excluding hydrogens is 382 g/mol. The SMILES string of the molecule is Cc1nc(NCc2ccc3c(c2)OCO3)ncc1C(=O)Nc1ccc(F)c(F)c1. The molecule has 2 N–H and O–H groups in total. The molecule has 29 heavy (non-hydrogen) atoms. The smallest absolute Gasteiger partial charge is 0.259 e. The highest BCUT2D eigenvalue weighted by molar-refractivity contribution is 6.04. The van der Waals surface area contributed by atoms with E-state index in [1.165, 1.54) is 12.3 Å². The van der Waals surface area contributed by atoms with Crippen LogP contribution in [0, 0.1) is 18.6 Å². The fraction of sp³-hybridized carbons (Fsp3) is 0.150. The summed E-state index contributed by atoms with van der Waals surface area (Å²) in [6, 6.07) is 8.72. The molecule has 0 bridgehead atoms. The highest BCUT2D eigenvalue weighted by Gasteiger charge is 2.15. The number of hydrogen-bond acceptors (Lipinski definition) is 6. The van der Waals surface area contributed by atoms with Gasteiger partial charge >= 0.3 is 0 Å². The molecule has 0 fully saturated rings. The molecule has 1 aromatic heterocycles. The van der Waals surface area contributed by atoms with Gasteiger partial charge in [-0.3, -0.25) is 4.79 Å². The van der Waals surface area contributed by atoms with Gasteiger partial charge in [0.25, 0.3) is 5.91 Å². The number of nitrogens with one attached hydrogen (secondary N) is 2. The zero-order valence-electron chi connectivity index (χ0n) is 15.3. The van der Waals surface area contributed by atoms with E-state index in [1.54, 1.807) is 6.92 Å². The van der Waals surface area contributed by atoms with Gasteiger partial charge < -0.3 is 20.1 Å². The van der Waals surface area contributed by atoms with Gasteiger partial charge in [-0.15, -0.1) is 0 Å². The van der Waals surface area contributed by atoms with Crippen LogP contribution in [-0.4, -0.2) is 22.7 Å². The van der Waals surface area contributed by atoms with Crippen molar-refractivity contribution in [3.8, 4) is 11.5 Å². The minimum Gasteiger partial charge on any atom is -0.454 e. The van der Waals surface area contributed by atoms with E-state index in [0.717, 1.165) is 17.7 Å². The maximum absolute atomic E-state index is 13.3. The molecule has 3 aromatic rings. The van der Waals surface area contributed by atoms with E-state index in [0.29, 0.717) is 29.7 Å². The number of nitrogens with zero attached hydrogens (tertiary/aromatic N) is 2. The zero-order valence-corrected chi connectivity index (χ0v) is 15.3. The van der Waals surface area contributed by atoms with Gasteiger partial charge in [0.05, 0.1) is 11.3 Å². The molecule has 0 saturated heterocycles. The second kappa shape index (κ2) is 7.70. The summed E-state index contributed by atoms with van der Waals surface area (Å²) in [6.45, 7) is 2.33. The summed E-state index contributed by atoms with van der Waals surface area (Å²) in [4.78, 5) is 20.8. The van der Waals surface area contributed by atoms with E-state index in [-0.39, 0.29) is 18.0 Å². The van der Waals surface area contributed by atoms with Gasteiger partial charge in [0.15, 0.2) is 23.1 Å². The maximum Gasteiger partial charge on any atom is 0.259 e. The molecule has 0 aliphatic carbocycles. The Morgan fingerprint density at radius 1 is 1.10 bits per heavy atom. The van der Waals surface area contributed by atoms with Crippen LogP contribution < -0.4 is 20.1 Å². The lowest BCUT2D eigenvalue weighted by Crippen LogP contribution is -2.16. The molecule has 0 unspecified atom stereocenters. The number of halogens is 2. The third-order valence-corrected chi connectivity index (χ3v) is 4.29. The van der Waals surface area contributed by atoms with E-state index in [9.17, 15) is 13.6 Å². The van der Waals surface area contributed by atoms with Crippen LogP contribution in [0.3, 0.4) is 0 Å². The number of benzene rings is 2. The van der Waals surface area contributed by atoms with Gasteiger partial charge in [0.2, 0.25) is 12.7 Å². The van der Waals surface area contributed by atoms with Crippen molar-refractivity contribution < 1.29 is 23.0 Å². The summed E-state index contributed by atoms with van der Waals surface area (Å²) in [5.74, 6) is -0.803. The van der Waals surface area contributed by atoms with Crippen LogP contribution in [0.15, 0.2) is 42.6 Å². The fourth-order valence-corrected chi connectivity index (χ4v) is 2.78. The Balaban J connectivity index is 1.41. The molecule has 7 nitrogen and oxygen atoms in total. The molecule has 0 saturated carbocycles. The van der Waals surface area contributed by atoms with Crippen LogP contribution in [0.5, 0.6) is 11.5 Å². The standard InChI is InChI=1S/C20H16F2N4O3/c1-11-14(19(27)26-13-3-4-15(21)16(22)7-13)9-24-20(25-11)23-8-12-2-5-17-18(6-12)29-10-28-17/h2-7,9H,8,10H2,1H3,(H,26,27)(H,23,24,25). The molecule has 148 valence electrons. The van der Waals surface area contributed by atoms with Gasteiger partial charge in [0.1, 0.15) is 0 Å². The molecule has 2 aromatic carbocycles. The summed E-state index contributed by atoms with van der Waals surface area (Å²) in [5.41, 5.74) is 1.76. The van der Waals surface area contributed by atoms with Crippen molar-refractivity contribution in [1.82, 2.24) is 9.97 Å². The number of carbonyl (C=O) groups excluding carboxylic acids is 1. The third-order valence-electron chi connectivity index (χ3n) is 4.29. The van der Waals surface area contributed by atoms with E-state index in [4.69, 9.17) is 9.47 Å². The van der Waals surface area contributed by atoms with Gasteiger partial charge in [-0.05, 0) is 36.8 Å². The lowest BCUT2D eigenvalue weighted by Gasteiger charge is -2.10. The summed E-state index contributed by atoms with van der Waals surface area (Å²) in [6.07, 6.45) is 1.37. The van der Waals surface area contributed by atoms with Crippen LogP contribution in [0.25, 0.3) is 0 Å². The molecule has 0 spiro atoms. The summed E-state index contributed by atoms with van der Waals surface area (Å²) >= 11 is 0. The number of carbonyl (C=O) groups is 1. The van der Waals surface area contributed by atoms with Crippen molar-refractivity contribution in [2.75, 3.05) is 17.4 Å². The molecular formula is C20H16F2N4O3. The minimum absolute atomic E-state index is 0.137. The molecule has 1 amide bonds. The van der Waals surface area contributed by atoms with Crippen molar-refractivity contribution in [3.63, 3.8) is 0 Å². The maximum atomic E-state index is 13.3. The average Bonchev–Trinajstić information content (AvgIpc) is 3.17. The van der Waals surface area contributed by atoms with Crippen molar-refractivity contribution in [1.29, 1.82) is 0 Å². The van der Waals surface area contributed by atoms with Crippen molar-refractivity contribution in [2.45, 2.75) is 13.5 Å². The predicted molar refractivity (Wildman–Crippen MR) is 101 cm³/mol. The fourth-order valence-electron chi connectivity index (χ4n) is 2.78. The molecule has 0 atom stereocenters. The minimum atomic E-state index is -1.04. The van der Waals surface area contributed by atoms with Crippen LogP contribution in [0.2, 0.25) is 0 Å². The van der Waals surface area contributed by atoms with Gasteiger partial charge in [-0.1, -0.05) is 6.07 Å². The number of rotatable bonds is 5. The van der Waals surface area contributed by atoms with Crippen molar-refractivity contribution >= 4 is 17.5 Å². The number of fused-ring (bicyclic) bond motifs is 1. The summed E-state index contributed by atoms with van der Waals surface area (Å²) < 4.78 is 36.9. The van der Waals surface area contributed by atoms with Crippen LogP contribution >= 0.6 is 0 Å². The highest BCUT2D eigenvalue weighted by Crippen LogP contribution is 2.32. The normalized spacial score (nSPS) is 12.0. The molecule has 2 heterocycles. The topological polar surface area (TPSA) is 85.4 Å². The second-order valence-electron chi connectivity index (χ2n) is 6.32. The Kier molecular flexibility index (Phi) is 4.94. The van der Waals surface area contributed by atoms with Crippen LogP contribution in [0.1, 0.15) is 21.6 Å². The Morgan fingerprint density at radius 2 is 1.93 bits per heavy atom. The van der Waals surface area contributed by atoms with Gasteiger partial charge in [-0.2, -0.15) is 0 Å². The Morgan fingerprint density at radius 3 is 2.72 bits per heavy atom. The highest BCUT2D eigenvalue weighted by atomic mass is 19.2. The molecule has 4 rings (SSSR count). The Bertz CT molecular complexity index is 1090. The van der Waals surface area contributed by atoms with Gasteiger partial charge in [0, 0.05) is 24.5 Å². The number of ether oxygens (including phenoxy) is 2. The quantitative estimate of drug-likeness (QED) is 0.682. The summed E-state index contributed by atoms with van der Waals surface area (Å²) in [5, 5.41) is 5.58. The average molecular weight is 398 g/mol. The number of anilines is 2. The lowest BCUT2D eigenvalue weighted by molar-refractivity contribution is 0.102. The number of hydrogen-bond donors (Lipinski definition) is 2. The van der Waals surface area contributed by atoms with E-state index >= 15 is 0 Å². The third kappa shape index (κ3) is 4.08. The first kappa shape index (κ1) is 18.6. The van der Waals surface area contributed by atoms with Crippen molar-refractivity contribution in [3.05, 3.63) is 71.1 Å². The van der Waals surface area contributed by atoms with E-state index in [1.807, 2.05) is 18.2 Å². The largest absolute Gasteiger partial charge is 0.454 e. The van der Waals surface area contributed by atoms with E-state index in [2.05, 4.69) is 20.6 Å². The number of amides is 1. The number of aryl methyl sites for hydroxylation is 1. The van der Waals surface area contributed by atoms with Gasteiger partial charge in [-0.25, -0.2) is 18.7 Å². The first-order chi connectivity index (χ1) is 14.0. The van der Waals surface area contributed by atoms with E-state index < -0.39 is 17.5 Å². The molecule has 0 radical (unpaired) electrons. The first-order valence-electron chi connectivity index (χ1n) is 8.72. The zero-order chi connectivity index (χ0) is 20.4.